The molecule has 0 aliphatic heterocycles. The van der Waals surface area contributed by atoms with E-state index in [0.717, 1.165) is 0 Å². The quantitative estimate of drug-likeness (QED) is 0.0888. The zero-order valence-electron chi connectivity index (χ0n) is 16.9. The van der Waals surface area contributed by atoms with Crippen LogP contribution in [0.2, 0.25) is 0 Å². The summed E-state index contributed by atoms with van der Waals surface area (Å²) in [6.07, 6.45) is 0. The maximum atomic E-state index is 11.0. The van der Waals surface area contributed by atoms with E-state index in [4.69, 9.17) is 29.9 Å². The Hall–Kier alpha value is -1.17. The first-order valence-electron chi connectivity index (χ1n) is 9.16. The van der Waals surface area contributed by atoms with Gasteiger partial charge in [-0.25, -0.2) is 0 Å². The molecule has 1 radical (unpaired) electrons. The van der Waals surface area contributed by atoms with Crippen molar-refractivity contribution in [1.82, 2.24) is 14.7 Å². The topological polar surface area (TPSA) is 160 Å². The van der Waals surface area contributed by atoms with Crippen molar-refractivity contribution in [2.45, 2.75) is 0 Å². The minimum absolute atomic E-state index is 0. The van der Waals surface area contributed by atoms with Crippen LogP contribution in [0.15, 0.2) is 0 Å². The molecule has 0 amide bonds. The molecule has 30 heavy (non-hydrogen) atoms. The second-order valence-corrected chi connectivity index (χ2v) is 6.23. The SMILES string of the molecule is [CH2-]N(CCOCCN(CCOCCN(CCO)CC(=O)O)CC(=O)O)CC(=O)O.[Re]. The van der Waals surface area contributed by atoms with Crippen LogP contribution in [0.1, 0.15) is 0 Å². The third kappa shape index (κ3) is 20.1. The van der Waals surface area contributed by atoms with Crippen LogP contribution < -0.4 is 0 Å². The van der Waals surface area contributed by atoms with Gasteiger partial charge >= 0.3 is 17.9 Å². The van der Waals surface area contributed by atoms with Crippen LogP contribution in [0.4, 0.5) is 0 Å². The van der Waals surface area contributed by atoms with Crippen molar-refractivity contribution in [3.8, 4) is 0 Å². The van der Waals surface area contributed by atoms with Gasteiger partial charge in [0.15, 0.2) is 0 Å². The van der Waals surface area contributed by atoms with Gasteiger partial charge in [0.2, 0.25) is 0 Å². The monoisotopic (exact) mass is 609 g/mol. The van der Waals surface area contributed by atoms with Crippen LogP contribution in [-0.2, 0) is 44.3 Å². The van der Waals surface area contributed by atoms with Crippen LogP contribution in [0.5, 0.6) is 0 Å². The maximum absolute atomic E-state index is 11.0. The summed E-state index contributed by atoms with van der Waals surface area (Å²) in [4.78, 5) is 36.8. The number of ether oxygens (including phenoxy) is 2. The molecular weight excluding hydrogens is 576 g/mol. The summed E-state index contributed by atoms with van der Waals surface area (Å²) in [5.41, 5.74) is 0. The predicted octanol–water partition coefficient (Wildman–Crippen LogP) is -2.04. The van der Waals surface area contributed by atoms with Crippen LogP contribution in [-0.4, -0.2) is 138 Å². The van der Waals surface area contributed by atoms with Gasteiger partial charge in [0.05, 0.1) is 52.7 Å². The van der Waals surface area contributed by atoms with E-state index < -0.39 is 17.9 Å². The van der Waals surface area contributed by atoms with E-state index in [9.17, 15) is 14.4 Å². The number of aliphatic hydroxyl groups is 1. The molecule has 13 heteroatoms. The molecule has 0 aromatic rings. The summed E-state index contributed by atoms with van der Waals surface area (Å²) in [5.74, 6) is -2.95. The molecule has 0 spiro atoms. The standard InChI is InChI=1S/C17H32N3O9.Re/c1-18(12-15(22)23)3-8-28-10-5-20(14-17(26)27)6-11-29-9-4-19(2-7-21)13-16(24)25;/h21H,1-14H2,(H,22,23)(H,24,25)(H,26,27);/q-1;. The molecule has 0 rings (SSSR count). The second kappa shape index (κ2) is 19.8. The Kier molecular flexibility index (Phi) is 20.4. The molecule has 0 unspecified atom stereocenters. The Bertz CT molecular complexity index is 485. The first kappa shape index (κ1) is 31.0. The number of carboxylic acids is 3. The Balaban J connectivity index is 0. The summed E-state index contributed by atoms with van der Waals surface area (Å²) < 4.78 is 10.8. The predicted molar refractivity (Wildman–Crippen MR) is 101 cm³/mol. The van der Waals surface area contributed by atoms with Crippen LogP contribution in [0.25, 0.3) is 0 Å². The van der Waals surface area contributed by atoms with Crippen molar-refractivity contribution in [3.63, 3.8) is 0 Å². The molecular formula is C17H32N3O9Re-. The van der Waals surface area contributed by atoms with Gasteiger partial charge < -0.3 is 34.8 Å². The zero-order valence-corrected chi connectivity index (χ0v) is 19.7. The van der Waals surface area contributed by atoms with E-state index in [1.54, 1.807) is 9.80 Å². The fraction of sp³-hybridized carbons (Fsp3) is 0.765. The van der Waals surface area contributed by atoms with E-state index in [0.29, 0.717) is 26.2 Å². The minimum Gasteiger partial charge on any atom is -0.480 e. The number of carbonyl (C=O) groups is 3. The third-order valence-electron chi connectivity index (χ3n) is 3.70. The zero-order chi connectivity index (χ0) is 22.1. The summed E-state index contributed by atoms with van der Waals surface area (Å²) in [5, 5.41) is 35.3. The average Bonchev–Trinajstić information content (AvgIpc) is 2.59. The summed E-state index contributed by atoms with van der Waals surface area (Å²) >= 11 is 0. The van der Waals surface area contributed by atoms with E-state index in [1.165, 1.54) is 4.90 Å². The molecule has 4 N–H and O–H groups in total. The maximum Gasteiger partial charge on any atom is 0.317 e. The van der Waals surface area contributed by atoms with Crippen LogP contribution in [0, 0.1) is 7.05 Å². The molecule has 12 nitrogen and oxygen atoms in total. The first-order valence-corrected chi connectivity index (χ1v) is 9.16. The van der Waals surface area contributed by atoms with Crippen molar-refractivity contribution in [1.29, 1.82) is 0 Å². The van der Waals surface area contributed by atoms with E-state index in [1.807, 2.05) is 0 Å². The van der Waals surface area contributed by atoms with Crippen LogP contribution in [0.3, 0.4) is 0 Å². The summed E-state index contributed by atoms with van der Waals surface area (Å²) in [7, 11) is 3.57. The minimum atomic E-state index is -0.990. The third-order valence-corrected chi connectivity index (χ3v) is 3.70. The number of aliphatic hydroxyl groups excluding tert-OH is 1. The van der Waals surface area contributed by atoms with Crippen LogP contribution >= 0.6 is 0 Å². The van der Waals surface area contributed by atoms with Gasteiger partial charge in [-0.2, -0.15) is 0 Å². The summed E-state index contributed by atoms with van der Waals surface area (Å²) in [6, 6.07) is 0. The van der Waals surface area contributed by atoms with Gasteiger partial charge in [0.1, 0.15) is 0 Å². The Morgan fingerprint density at radius 2 is 1.03 bits per heavy atom. The summed E-state index contributed by atoms with van der Waals surface area (Å²) in [6.45, 7) is 2.00. The number of hydrogen-bond acceptors (Lipinski definition) is 9. The van der Waals surface area contributed by atoms with E-state index in [-0.39, 0.29) is 79.6 Å². The van der Waals surface area contributed by atoms with Crippen molar-refractivity contribution in [2.75, 3.05) is 85.4 Å². The van der Waals surface area contributed by atoms with Gasteiger partial charge in [-0.15, -0.1) is 0 Å². The van der Waals surface area contributed by atoms with Gasteiger partial charge in [0.25, 0.3) is 0 Å². The van der Waals surface area contributed by atoms with Crippen molar-refractivity contribution < 1.29 is 64.7 Å². The Morgan fingerprint density at radius 3 is 1.40 bits per heavy atom. The molecule has 0 fully saturated rings. The van der Waals surface area contributed by atoms with Gasteiger partial charge in [0, 0.05) is 46.6 Å². The fourth-order valence-electron chi connectivity index (χ4n) is 2.31. The first-order chi connectivity index (χ1) is 13.7. The number of carboxylic acid groups (broad SMARTS) is 3. The second-order valence-electron chi connectivity index (χ2n) is 6.23. The number of nitrogens with zero attached hydrogens (tertiary/aromatic N) is 3. The number of rotatable bonds is 20. The largest absolute Gasteiger partial charge is 0.480 e. The molecule has 0 heterocycles. The van der Waals surface area contributed by atoms with Gasteiger partial charge in [-0.3, -0.25) is 31.2 Å². The molecule has 0 bridgehead atoms. The molecule has 0 aliphatic rings. The molecule has 0 atom stereocenters. The molecule has 0 aromatic carbocycles. The van der Waals surface area contributed by atoms with Crippen molar-refractivity contribution in [3.05, 3.63) is 7.05 Å². The molecule has 0 aliphatic carbocycles. The molecule has 0 saturated heterocycles. The van der Waals surface area contributed by atoms with Crippen molar-refractivity contribution >= 4 is 17.9 Å². The Morgan fingerprint density at radius 1 is 0.667 bits per heavy atom. The van der Waals surface area contributed by atoms with Crippen molar-refractivity contribution in [2.24, 2.45) is 0 Å². The average molecular weight is 609 g/mol. The fourth-order valence-corrected chi connectivity index (χ4v) is 2.31. The Labute approximate surface area is 190 Å². The molecule has 0 aromatic heterocycles. The van der Waals surface area contributed by atoms with E-state index in [2.05, 4.69) is 7.05 Å². The number of hydrogen-bond donors (Lipinski definition) is 4. The molecule has 177 valence electrons. The molecule has 0 saturated carbocycles. The number of aliphatic carboxylic acids is 3. The van der Waals surface area contributed by atoms with Gasteiger partial charge in [-0.05, 0) is 6.54 Å². The van der Waals surface area contributed by atoms with Gasteiger partial charge in [-0.1, -0.05) is 0 Å². The normalized spacial score (nSPS) is 11.1. The smallest absolute Gasteiger partial charge is 0.317 e. The van der Waals surface area contributed by atoms with E-state index >= 15 is 0 Å².